The summed E-state index contributed by atoms with van der Waals surface area (Å²) < 4.78 is 0. The van der Waals surface area contributed by atoms with Crippen molar-refractivity contribution < 1.29 is 21.7 Å². The van der Waals surface area contributed by atoms with Gasteiger partial charge in [0.1, 0.15) is 0 Å². The first-order chi connectivity index (χ1) is 7.75. The first-order valence-corrected chi connectivity index (χ1v) is 6.08. The number of aryl methyl sites for hydroxylation is 2. The molecule has 0 aliphatic heterocycles. The minimum Gasteiger partial charge on any atom is -0.484 e. The molecule has 2 rings (SSSR count). The zero-order chi connectivity index (χ0) is 13.2. The molecule has 0 atom stereocenters. The van der Waals surface area contributed by atoms with Gasteiger partial charge in [0.25, 0.3) is 0 Å². The van der Waals surface area contributed by atoms with Gasteiger partial charge in [0.15, 0.2) is 0 Å². The maximum atomic E-state index is 3.44. The fourth-order valence-corrected chi connectivity index (χ4v) is 1.87. The molecule has 0 unspecified atom stereocenters. The van der Waals surface area contributed by atoms with Crippen molar-refractivity contribution in [3.05, 3.63) is 46.3 Å². The van der Waals surface area contributed by atoms with Gasteiger partial charge in [0, 0.05) is 0 Å². The summed E-state index contributed by atoms with van der Waals surface area (Å²) in [5, 5.41) is 0. The fraction of sp³-hybridized carbons (Fsp3) is 0.500. The van der Waals surface area contributed by atoms with Crippen molar-refractivity contribution in [2.24, 2.45) is 5.41 Å². The third-order valence-corrected chi connectivity index (χ3v) is 3.70. The normalized spacial score (nSPS) is 16.7. The molecule has 1 aromatic rings. The first-order valence-electron chi connectivity index (χ1n) is 6.08. The van der Waals surface area contributed by atoms with E-state index in [-0.39, 0.29) is 27.1 Å². The van der Waals surface area contributed by atoms with Crippen LogP contribution in [0.4, 0.5) is 0 Å². The van der Waals surface area contributed by atoms with Gasteiger partial charge in [0.2, 0.25) is 0 Å². The Morgan fingerprint density at radius 3 is 1.72 bits per heavy atom. The average molecular weight is 277 g/mol. The van der Waals surface area contributed by atoms with Crippen molar-refractivity contribution in [3.63, 3.8) is 0 Å². The van der Waals surface area contributed by atoms with Crippen molar-refractivity contribution in [2.75, 3.05) is 0 Å². The Balaban J connectivity index is 0.000000321. The quantitative estimate of drug-likeness (QED) is 0.529. The Bertz CT molecular complexity index is 445. The van der Waals surface area contributed by atoms with Gasteiger partial charge in [-0.1, -0.05) is 47.0 Å². The second-order valence-corrected chi connectivity index (χ2v) is 5.35. The summed E-state index contributed by atoms with van der Waals surface area (Å²) in [6.07, 6.45) is 8.32. The van der Waals surface area contributed by atoms with Crippen LogP contribution < -0.4 is 0 Å². The molecule has 0 fully saturated rings. The Kier molecular flexibility index (Phi) is 6.39. The van der Waals surface area contributed by atoms with E-state index in [1.54, 1.807) is 0 Å². The molecular formula is C16H23NTi. The Labute approximate surface area is 127 Å². The summed E-state index contributed by atoms with van der Waals surface area (Å²) >= 11 is 0. The monoisotopic (exact) mass is 277 g/mol. The van der Waals surface area contributed by atoms with Crippen LogP contribution in [-0.2, 0) is 21.7 Å². The number of nitrogens with one attached hydrogen (secondary N) is 1. The van der Waals surface area contributed by atoms with Crippen LogP contribution in [0.3, 0.4) is 0 Å². The fourth-order valence-electron chi connectivity index (χ4n) is 1.87. The van der Waals surface area contributed by atoms with E-state index in [1.807, 2.05) is 13.1 Å². The summed E-state index contributed by atoms with van der Waals surface area (Å²) in [4.78, 5) is 2.87. The number of aromatic nitrogens is 1. The standard InChI is InChI=1S/C10H15.C6H8N.Ti/c1-7-6-10(4,5)9(3)8(7)2;1-5-3-7-4-6(5)2;/h1-5H3;3,7H,1-2H3;/q2*-1;+2. The number of allylic oxidation sites excluding steroid dienone is 4. The third kappa shape index (κ3) is 4.00. The Morgan fingerprint density at radius 1 is 1.06 bits per heavy atom. The van der Waals surface area contributed by atoms with Gasteiger partial charge in [-0.15, -0.1) is 19.3 Å². The molecule has 1 heterocycles. The molecule has 1 nitrogen and oxygen atoms in total. The van der Waals surface area contributed by atoms with Gasteiger partial charge < -0.3 is 4.98 Å². The van der Waals surface area contributed by atoms with Gasteiger partial charge in [0.05, 0.1) is 0 Å². The molecule has 2 heteroatoms. The van der Waals surface area contributed by atoms with E-state index in [9.17, 15) is 0 Å². The van der Waals surface area contributed by atoms with Crippen molar-refractivity contribution in [3.8, 4) is 0 Å². The van der Waals surface area contributed by atoms with Crippen LogP contribution in [0.15, 0.2) is 22.9 Å². The van der Waals surface area contributed by atoms with Crippen LogP contribution in [-0.4, -0.2) is 4.98 Å². The molecule has 18 heavy (non-hydrogen) atoms. The SMILES string of the molecule is CC1=[C-]C(C)(C)C(C)=C1C.Cc1[c-][nH]cc1C.[Ti+2]. The molecular weight excluding hydrogens is 254 g/mol. The third-order valence-electron chi connectivity index (χ3n) is 3.70. The van der Waals surface area contributed by atoms with Crippen LogP contribution in [0, 0.1) is 31.5 Å². The molecule has 1 aliphatic rings. The summed E-state index contributed by atoms with van der Waals surface area (Å²) in [6, 6.07) is 0. The van der Waals surface area contributed by atoms with E-state index in [1.165, 1.54) is 27.8 Å². The number of H-pyrrole nitrogens is 1. The average Bonchev–Trinajstić information content (AvgIpc) is 2.67. The van der Waals surface area contributed by atoms with E-state index in [2.05, 4.69) is 58.8 Å². The number of hydrogen-bond acceptors (Lipinski definition) is 0. The second-order valence-electron chi connectivity index (χ2n) is 5.35. The van der Waals surface area contributed by atoms with E-state index >= 15 is 0 Å². The van der Waals surface area contributed by atoms with Crippen molar-refractivity contribution >= 4 is 0 Å². The second kappa shape index (κ2) is 6.59. The van der Waals surface area contributed by atoms with E-state index in [4.69, 9.17) is 0 Å². The summed E-state index contributed by atoms with van der Waals surface area (Å²) in [5.74, 6) is 0. The van der Waals surface area contributed by atoms with Gasteiger partial charge in [-0.05, 0) is 0 Å². The Morgan fingerprint density at radius 2 is 1.61 bits per heavy atom. The predicted octanol–water partition coefficient (Wildman–Crippen LogP) is 4.54. The largest absolute Gasteiger partial charge is 2.00 e. The molecule has 1 aliphatic carbocycles. The maximum Gasteiger partial charge on any atom is 2.00 e. The van der Waals surface area contributed by atoms with Gasteiger partial charge in [-0.2, -0.15) is 22.3 Å². The maximum absolute atomic E-state index is 3.44. The van der Waals surface area contributed by atoms with E-state index in [0.29, 0.717) is 0 Å². The van der Waals surface area contributed by atoms with E-state index < -0.39 is 0 Å². The van der Waals surface area contributed by atoms with Crippen LogP contribution in [0.25, 0.3) is 0 Å². The molecule has 0 saturated heterocycles. The topological polar surface area (TPSA) is 15.8 Å². The molecule has 1 aromatic heterocycles. The van der Waals surface area contributed by atoms with Crippen LogP contribution in [0.1, 0.15) is 45.7 Å². The van der Waals surface area contributed by atoms with Gasteiger partial charge >= 0.3 is 21.7 Å². The van der Waals surface area contributed by atoms with Crippen molar-refractivity contribution in [2.45, 2.75) is 48.5 Å². The summed E-state index contributed by atoms with van der Waals surface area (Å²) in [7, 11) is 0. The van der Waals surface area contributed by atoms with Gasteiger partial charge in [-0.3, -0.25) is 6.08 Å². The summed E-state index contributed by atoms with van der Waals surface area (Å²) in [6.45, 7) is 15.0. The minimum atomic E-state index is 0. The molecule has 96 valence electrons. The smallest absolute Gasteiger partial charge is 0.484 e. The molecule has 1 N–H and O–H groups in total. The zero-order valence-electron chi connectivity index (χ0n) is 12.6. The Hall–Kier alpha value is -0.526. The first kappa shape index (κ1) is 17.5. The molecule has 0 amide bonds. The predicted molar refractivity (Wildman–Crippen MR) is 73.7 cm³/mol. The molecule has 0 radical (unpaired) electrons. The van der Waals surface area contributed by atoms with Crippen LogP contribution in [0.2, 0.25) is 0 Å². The number of aromatic amines is 1. The molecule has 0 spiro atoms. The van der Waals surface area contributed by atoms with Crippen LogP contribution >= 0.6 is 0 Å². The number of rotatable bonds is 0. The van der Waals surface area contributed by atoms with E-state index in [0.717, 1.165) is 0 Å². The minimum absolute atomic E-state index is 0. The number of hydrogen-bond donors (Lipinski definition) is 1. The molecule has 0 aromatic carbocycles. The molecule has 0 saturated carbocycles. The molecule has 0 bridgehead atoms. The summed E-state index contributed by atoms with van der Waals surface area (Å²) in [5.41, 5.74) is 6.88. The van der Waals surface area contributed by atoms with Crippen molar-refractivity contribution in [1.82, 2.24) is 4.98 Å². The van der Waals surface area contributed by atoms with Crippen molar-refractivity contribution in [1.29, 1.82) is 0 Å². The zero-order valence-corrected chi connectivity index (χ0v) is 14.1. The van der Waals surface area contributed by atoms with Gasteiger partial charge in [-0.25, -0.2) is 5.57 Å². The van der Waals surface area contributed by atoms with Crippen LogP contribution in [0.5, 0.6) is 0 Å².